The number of rotatable bonds is 6. The summed E-state index contributed by atoms with van der Waals surface area (Å²) in [6, 6.07) is 0. The molecule has 166 valence electrons. The van der Waals surface area contributed by atoms with Crippen molar-refractivity contribution in [3.63, 3.8) is 0 Å². The minimum atomic E-state index is -0.462. The van der Waals surface area contributed by atoms with E-state index in [-0.39, 0.29) is 17.7 Å². The molecular formula is C21H32N4O5. The van der Waals surface area contributed by atoms with Crippen molar-refractivity contribution >= 4 is 17.8 Å². The summed E-state index contributed by atoms with van der Waals surface area (Å²) >= 11 is 0. The molecule has 30 heavy (non-hydrogen) atoms. The maximum absolute atomic E-state index is 13.1. The van der Waals surface area contributed by atoms with Gasteiger partial charge in [-0.2, -0.15) is 0 Å². The highest BCUT2D eigenvalue weighted by Crippen LogP contribution is 2.23. The smallest absolute Gasteiger partial charge is 0.339 e. The van der Waals surface area contributed by atoms with E-state index in [1.54, 1.807) is 18.7 Å². The van der Waals surface area contributed by atoms with Crippen molar-refractivity contribution in [3.05, 3.63) is 22.5 Å². The molecular weight excluding hydrogens is 388 g/mol. The van der Waals surface area contributed by atoms with Crippen molar-refractivity contribution in [2.24, 2.45) is 5.92 Å². The van der Waals surface area contributed by atoms with Crippen LogP contribution in [0.1, 0.15) is 44.9 Å². The van der Waals surface area contributed by atoms with Gasteiger partial charge in [-0.3, -0.25) is 14.5 Å². The van der Waals surface area contributed by atoms with Crippen molar-refractivity contribution in [3.8, 4) is 0 Å². The maximum atomic E-state index is 13.1. The first kappa shape index (κ1) is 22.3. The van der Waals surface area contributed by atoms with Crippen molar-refractivity contribution in [2.45, 2.75) is 26.7 Å². The molecule has 0 saturated carbocycles. The van der Waals surface area contributed by atoms with Gasteiger partial charge in [-0.15, -0.1) is 0 Å². The number of aryl methyl sites for hydroxylation is 1. The second kappa shape index (κ2) is 10.1. The Kier molecular flexibility index (Phi) is 7.49. The molecule has 3 heterocycles. The van der Waals surface area contributed by atoms with Crippen LogP contribution >= 0.6 is 0 Å². The monoisotopic (exact) mass is 420 g/mol. The van der Waals surface area contributed by atoms with Gasteiger partial charge in [0.2, 0.25) is 5.91 Å². The lowest BCUT2D eigenvalue weighted by Crippen LogP contribution is -2.47. The lowest BCUT2D eigenvalue weighted by Gasteiger charge is -2.32. The van der Waals surface area contributed by atoms with Gasteiger partial charge in [0.15, 0.2) is 0 Å². The van der Waals surface area contributed by atoms with E-state index in [0.717, 1.165) is 45.7 Å². The molecule has 0 aromatic carbocycles. The number of hydrogen-bond donors (Lipinski definition) is 2. The Labute approximate surface area is 177 Å². The Hall–Kier alpha value is -2.39. The summed E-state index contributed by atoms with van der Waals surface area (Å²) in [5.74, 6) is -0.868. The molecule has 2 aliphatic heterocycles. The van der Waals surface area contributed by atoms with E-state index >= 15 is 0 Å². The lowest BCUT2D eigenvalue weighted by molar-refractivity contribution is -0.126. The molecule has 9 nitrogen and oxygen atoms in total. The van der Waals surface area contributed by atoms with E-state index in [9.17, 15) is 14.4 Å². The largest absolute Gasteiger partial charge is 0.465 e. The van der Waals surface area contributed by atoms with Gasteiger partial charge in [0.25, 0.3) is 5.91 Å². The highest BCUT2D eigenvalue weighted by Gasteiger charge is 2.31. The van der Waals surface area contributed by atoms with Crippen LogP contribution in [0.3, 0.4) is 0 Å². The summed E-state index contributed by atoms with van der Waals surface area (Å²) in [5, 5.41) is 3.02. The number of piperidine rings is 1. The third kappa shape index (κ3) is 5.02. The number of nitrogens with zero attached hydrogens (tertiary/aromatic N) is 2. The molecule has 0 bridgehead atoms. The highest BCUT2D eigenvalue weighted by molar-refractivity contribution is 6.00. The number of likely N-dealkylation sites (tertiary alicyclic amines) is 1. The first-order chi connectivity index (χ1) is 14.4. The van der Waals surface area contributed by atoms with Crippen molar-refractivity contribution in [1.29, 1.82) is 0 Å². The van der Waals surface area contributed by atoms with Crippen molar-refractivity contribution in [2.75, 3.05) is 59.6 Å². The van der Waals surface area contributed by atoms with Crippen LogP contribution in [0.15, 0.2) is 0 Å². The van der Waals surface area contributed by atoms with Crippen LogP contribution < -0.4 is 5.32 Å². The molecule has 2 N–H and O–H groups in total. The van der Waals surface area contributed by atoms with Crippen LogP contribution in [0.5, 0.6) is 0 Å². The second-order valence-electron chi connectivity index (χ2n) is 7.95. The lowest BCUT2D eigenvalue weighted by atomic mass is 9.96. The normalized spacial score (nSPS) is 20.1. The van der Waals surface area contributed by atoms with E-state index in [0.29, 0.717) is 42.1 Å². The number of ether oxygens (including phenoxy) is 2. The Morgan fingerprint density at radius 1 is 1.20 bits per heavy atom. The molecule has 2 fully saturated rings. The van der Waals surface area contributed by atoms with E-state index in [1.165, 1.54) is 7.11 Å². The molecule has 2 amide bonds. The second-order valence-corrected chi connectivity index (χ2v) is 7.95. The van der Waals surface area contributed by atoms with Crippen molar-refractivity contribution < 1.29 is 23.9 Å². The number of aromatic amines is 1. The van der Waals surface area contributed by atoms with E-state index in [1.807, 2.05) is 0 Å². The fourth-order valence-corrected chi connectivity index (χ4v) is 4.21. The molecule has 1 atom stereocenters. The van der Waals surface area contributed by atoms with Gasteiger partial charge in [0.05, 0.1) is 31.8 Å². The molecule has 0 spiro atoms. The Balaban J connectivity index is 1.57. The average molecular weight is 421 g/mol. The maximum Gasteiger partial charge on any atom is 0.339 e. The Morgan fingerprint density at radius 2 is 1.93 bits per heavy atom. The van der Waals surface area contributed by atoms with Crippen LogP contribution in [-0.2, 0) is 14.3 Å². The molecule has 0 aliphatic carbocycles. The fraction of sp³-hybridized carbons (Fsp3) is 0.667. The topological polar surface area (TPSA) is 104 Å². The summed E-state index contributed by atoms with van der Waals surface area (Å²) in [6.45, 7) is 9.14. The van der Waals surface area contributed by atoms with Gasteiger partial charge in [-0.25, -0.2) is 4.79 Å². The summed E-state index contributed by atoms with van der Waals surface area (Å²) in [7, 11) is 1.32. The van der Waals surface area contributed by atoms with Crippen LogP contribution in [-0.4, -0.2) is 92.2 Å². The molecule has 1 unspecified atom stereocenters. The minimum absolute atomic E-state index is 0.00426. The van der Waals surface area contributed by atoms with Gasteiger partial charge < -0.3 is 24.7 Å². The SMILES string of the molecule is COC(=O)c1c(C)[nH]c(C(=O)N2CCCC(C(=O)NCCN3CCOCC3)C2)c1C. The van der Waals surface area contributed by atoms with E-state index in [4.69, 9.17) is 9.47 Å². The summed E-state index contributed by atoms with van der Waals surface area (Å²) < 4.78 is 10.2. The molecule has 3 rings (SSSR count). The predicted octanol–water partition coefficient (Wildman–Crippen LogP) is 0.719. The number of carbonyl (C=O) groups excluding carboxylic acids is 3. The number of methoxy groups -OCH3 is 1. The summed E-state index contributed by atoms with van der Waals surface area (Å²) in [5.41, 5.74) is 1.98. The first-order valence-corrected chi connectivity index (χ1v) is 10.6. The molecule has 1 aromatic rings. The average Bonchev–Trinajstić information content (AvgIpc) is 3.07. The number of esters is 1. The molecule has 1 aromatic heterocycles. The quantitative estimate of drug-likeness (QED) is 0.658. The minimum Gasteiger partial charge on any atom is -0.465 e. The van der Waals surface area contributed by atoms with Crippen molar-refractivity contribution in [1.82, 2.24) is 20.1 Å². The van der Waals surface area contributed by atoms with Crippen LogP contribution in [0, 0.1) is 19.8 Å². The zero-order chi connectivity index (χ0) is 21.7. The van der Waals surface area contributed by atoms with Gasteiger partial charge in [-0.1, -0.05) is 0 Å². The fourth-order valence-electron chi connectivity index (χ4n) is 4.21. The summed E-state index contributed by atoms with van der Waals surface area (Å²) in [4.78, 5) is 44.7. The number of nitrogens with one attached hydrogen (secondary N) is 2. The number of aromatic nitrogens is 1. The Morgan fingerprint density at radius 3 is 2.63 bits per heavy atom. The number of hydrogen-bond acceptors (Lipinski definition) is 6. The zero-order valence-corrected chi connectivity index (χ0v) is 18.1. The van der Waals surface area contributed by atoms with Crippen LogP contribution in [0.25, 0.3) is 0 Å². The van der Waals surface area contributed by atoms with Crippen LogP contribution in [0.2, 0.25) is 0 Å². The number of carbonyl (C=O) groups is 3. The van der Waals surface area contributed by atoms with Gasteiger partial charge in [-0.05, 0) is 32.3 Å². The third-order valence-corrected chi connectivity index (χ3v) is 5.95. The number of morpholine rings is 1. The first-order valence-electron chi connectivity index (χ1n) is 10.6. The van der Waals surface area contributed by atoms with Crippen LogP contribution in [0.4, 0.5) is 0 Å². The van der Waals surface area contributed by atoms with Gasteiger partial charge >= 0.3 is 5.97 Å². The highest BCUT2D eigenvalue weighted by atomic mass is 16.5. The predicted molar refractivity (Wildman–Crippen MR) is 111 cm³/mol. The van der Waals surface area contributed by atoms with E-state index < -0.39 is 5.97 Å². The number of H-pyrrole nitrogens is 1. The molecule has 9 heteroatoms. The number of amides is 2. The molecule has 2 saturated heterocycles. The molecule has 0 radical (unpaired) electrons. The Bertz CT molecular complexity index is 785. The zero-order valence-electron chi connectivity index (χ0n) is 18.1. The summed E-state index contributed by atoms with van der Waals surface area (Å²) in [6.07, 6.45) is 1.54. The van der Waals surface area contributed by atoms with E-state index in [2.05, 4.69) is 15.2 Å². The third-order valence-electron chi connectivity index (χ3n) is 5.95. The molecule has 2 aliphatic rings. The van der Waals surface area contributed by atoms with Gasteiger partial charge in [0.1, 0.15) is 5.69 Å². The standard InChI is InChI=1S/C21H32N4O5/c1-14-17(21(28)29-3)15(2)23-18(14)20(27)25-7-4-5-16(13-25)19(26)22-6-8-24-9-11-30-12-10-24/h16,23H,4-13H2,1-3H3,(H,22,26). The van der Waals surface area contributed by atoms with Gasteiger partial charge in [0, 0.05) is 45.0 Å².